The quantitative estimate of drug-likeness (QED) is 0.757. The first-order valence-electron chi connectivity index (χ1n) is 8.51. The number of nitrogens with zero attached hydrogens (tertiary/aromatic N) is 2. The molecule has 128 valence electrons. The molecule has 2 rings (SSSR count). The number of aromatic carboxylic acids is 1. The Morgan fingerprint density at radius 1 is 1.39 bits per heavy atom. The van der Waals surface area contributed by atoms with Gasteiger partial charge in [-0.1, -0.05) is 26.0 Å². The van der Waals surface area contributed by atoms with E-state index in [1.807, 2.05) is 12.1 Å². The molecule has 1 aromatic carbocycles. The summed E-state index contributed by atoms with van der Waals surface area (Å²) in [6, 6.07) is 7.19. The smallest absolute Gasteiger partial charge is 0.335 e. The fourth-order valence-corrected chi connectivity index (χ4v) is 3.03. The number of ether oxygens (including phenoxy) is 1. The molecule has 0 radical (unpaired) electrons. The summed E-state index contributed by atoms with van der Waals surface area (Å²) in [5.74, 6) is -0.870. The van der Waals surface area contributed by atoms with Gasteiger partial charge in [0.2, 0.25) is 0 Å². The van der Waals surface area contributed by atoms with Gasteiger partial charge in [-0.3, -0.25) is 4.90 Å². The Labute approximate surface area is 138 Å². The van der Waals surface area contributed by atoms with Gasteiger partial charge in [0.15, 0.2) is 0 Å². The number of hydrogen-bond donors (Lipinski definition) is 1. The average molecular weight is 320 g/mol. The van der Waals surface area contributed by atoms with E-state index < -0.39 is 5.97 Å². The van der Waals surface area contributed by atoms with Gasteiger partial charge in [0.1, 0.15) is 0 Å². The van der Waals surface area contributed by atoms with Gasteiger partial charge in [-0.25, -0.2) is 4.79 Å². The number of carbonyl (C=O) groups is 1. The Kier molecular flexibility index (Phi) is 7.02. The van der Waals surface area contributed by atoms with Crippen LogP contribution in [-0.4, -0.2) is 66.3 Å². The van der Waals surface area contributed by atoms with Crippen molar-refractivity contribution in [2.75, 3.05) is 39.3 Å². The third-order valence-electron chi connectivity index (χ3n) is 4.46. The van der Waals surface area contributed by atoms with Crippen molar-refractivity contribution in [2.45, 2.75) is 32.9 Å². The van der Waals surface area contributed by atoms with E-state index in [1.165, 1.54) is 0 Å². The SMILES string of the molecule is CCN(CC)CCOC1CCN(Cc2cccc(C(=O)O)c2)C1. The molecule has 1 aromatic rings. The second-order valence-corrected chi connectivity index (χ2v) is 6.05. The third kappa shape index (κ3) is 5.61. The number of likely N-dealkylation sites (tertiary alicyclic amines) is 1. The molecule has 1 saturated heterocycles. The third-order valence-corrected chi connectivity index (χ3v) is 4.46. The highest BCUT2D eigenvalue weighted by Crippen LogP contribution is 2.16. The van der Waals surface area contributed by atoms with E-state index in [2.05, 4.69) is 23.6 Å². The molecule has 0 aliphatic carbocycles. The lowest BCUT2D eigenvalue weighted by molar-refractivity contribution is 0.0439. The Hall–Kier alpha value is -1.43. The predicted octanol–water partition coefficient (Wildman–Crippen LogP) is 2.32. The number of likely N-dealkylation sites (N-methyl/N-ethyl adjacent to an activating group) is 1. The Bertz CT molecular complexity index is 503. The van der Waals surface area contributed by atoms with E-state index in [-0.39, 0.29) is 0 Å². The summed E-state index contributed by atoms with van der Waals surface area (Å²) >= 11 is 0. The molecule has 1 aliphatic rings. The van der Waals surface area contributed by atoms with E-state index in [9.17, 15) is 4.79 Å². The van der Waals surface area contributed by atoms with Crippen LogP contribution < -0.4 is 0 Å². The Balaban J connectivity index is 1.75. The summed E-state index contributed by atoms with van der Waals surface area (Å²) in [6.07, 6.45) is 1.35. The number of hydrogen-bond acceptors (Lipinski definition) is 4. The topological polar surface area (TPSA) is 53.0 Å². The van der Waals surface area contributed by atoms with E-state index in [4.69, 9.17) is 9.84 Å². The molecule has 0 amide bonds. The highest BCUT2D eigenvalue weighted by molar-refractivity contribution is 5.87. The number of benzene rings is 1. The van der Waals surface area contributed by atoms with Crippen LogP contribution in [0.5, 0.6) is 0 Å². The molecule has 1 unspecified atom stereocenters. The first kappa shape index (κ1) is 17.9. The van der Waals surface area contributed by atoms with Gasteiger partial charge in [-0.15, -0.1) is 0 Å². The molecule has 5 nitrogen and oxygen atoms in total. The van der Waals surface area contributed by atoms with Crippen molar-refractivity contribution >= 4 is 5.97 Å². The van der Waals surface area contributed by atoms with Crippen molar-refractivity contribution in [1.82, 2.24) is 9.80 Å². The maximum Gasteiger partial charge on any atom is 0.335 e. The molecular weight excluding hydrogens is 292 g/mol. The van der Waals surface area contributed by atoms with E-state index >= 15 is 0 Å². The predicted molar refractivity (Wildman–Crippen MR) is 90.8 cm³/mol. The van der Waals surface area contributed by atoms with Gasteiger partial charge in [-0.2, -0.15) is 0 Å². The molecule has 1 heterocycles. The van der Waals surface area contributed by atoms with Crippen molar-refractivity contribution in [3.63, 3.8) is 0 Å². The van der Waals surface area contributed by atoms with Gasteiger partial charge in [0, 0.05) is 26.2 Å². The van der Waals surface area contributed by atoms with Gasteiger partial charge in [-0.05, 0) is 37.2 Å². The zero-order chi connectivity index (χ0) is 16.7. The van der Waals surface area contributed by atoms with Crippen LogP contribution >= 0.6 is 0 Å². The van der Waals surface area contributed by atoms with Gasteiger partial charge in [0.05, 0.1) is 18.3 Å². The average Bonchev–Trinajstić information content (AvgIpc) is 2.99. The number of carboxylic acids is 1. The zero-order valence-electron chi connectivity index (χ0n) is 14.2. The van der Waals surface area contributed by atoms with Crippen LogP contribution in [0.2, 0.25) is 0 Å². The van der Waals surface area contributed by atoms with Crippen LogP contribution in [-0.2, 0) is 11.3 Å². The molecule has 1 atom stereocenters. The van der Waals surface area contributed by atoms with Crippen LogP contribution in [0.15, 0.2) is 24.3 Å². The fraction of sp³-hybridized carbons (Fsp3) is 0.611. The summed E-state index contributed by atoms with van der Waals surface area (Å²) in [5, 5.41) is 9.06. The van der Waals surface area contributed by atoms with Crippen LogP contribution in [0.25, 0.3) is 0 Å². The van der Waals surface area contributed by atoms with Crippen molar-refractivity contribution in [1.29, 1.82) is 0 Å². The molecule has 1 aliphatic heterocycles. The van der Waals surface area contributed by atoms with Crippen molar-refractivity contribution in [3.8, 4) is 0 Å². The van der Waals surface area contributed by atoms with Crippen molar-refractivity contribution in [2.24, 2.45) is 0 Å². The maximum atomic E-state index is 11.0. The van der Waals surface area contributed by atoms with E-state index in [0.29, 0.717) is 11.7 Å². The number of carboxylic acid groups (broad SMARTS) is 1. The maximum absolute atomic E-state index is 11.0. The molecule has 0 saturated carbocycles. The minimum absolute atomic E-state index is 0.299. The van der Waals surface area contributed by atoms with Crippen molar-refractivity contribution < 1.29 is 14.6 Å². The molecule has 0 bridgehead atoms. The molecule has 1 N–H and O–H groups in total. The minimum Gasteiger partial charge on any atom is -0.478 e. The highest BCUT2D eigenvalue weighted by Gasteiger charge is 2.23. The van der Waals surface area contributed by atoms with Crippen LogP contribution in [0.3, 0.4) is 0 Å². The van der Waals surface area contributed by atoms with E-state index in [0.717, 1.165) is 57.9 Å². The Morgan fingerprint density at radius 2 is 2.17 bits per heavy atom. The normalized spacial score (nSPS) is 18.7. The van der Waals surface area contributed by atoms with Gasteiger partial charge < -0.3 is 14.7 Å². The summed E-state index contributed by atoms with van der Waals surface area (Å²) in [5.41, 5.74) is 1.41. The Morgan fingerprint density at radius 3 is 2.87 bits per heavy atom. The van der Waals surface area contributed by atoms with Crippen LogP contribution in [0.1, 0.15) is 36.2 Å². The molecular formula is C18H28N2O3. The molecule has 0 spiro atoms. The van der Waals surface area contributed by atoms with Crippen molar-refractivity contribution in [3.05, 3.63) is 35.4 Å². The number of rotatable bonds is 9. The second-order valence-electron chi connectivity index (χ2n) is 6.05. The largest absolute Gasteiger partial charge is 0.478 e. The first-order chi connectivity index (χ1) is 11.1. The molecule has 5 heteroatoms. The minimum atomic E-state index is -0.870. The summed E-state index contributed by atoms with van der Waals surface area (Å²) in [7, 11) is 0. The molecule has 1 fully saturated rings. The highest BCUT2D eigenvalue weighted by atomic mass is 16.5. The van der Waals surface area contributed by atoms with E-state index in [1.54, 1.807) is 12.1 Å². The first-order valence-corrected chi connectivity index (χ1v) is 8.51. The lowest BCUT2D eigenvalue weighted by atomic mass is 10.1. The van der Waals surface area contributed by atoms with Gasteiger partial charge >= 0.3 is 5.97 Å². The summed E-state index contributed by atoms with van der Waals surface area (Å²) in [4.78, 5) is 15.7. The monoisotopic (exact) mass is 320 g/mol. The molecule has 23 heavy (non-hydrogen) atoms. The lowest BCUT2D eigenvalue weighted by Crippen LogP contribution is -2.29. The standard InChI is InChI=1S/C18H28N2O3/c1-3-19(4-2)10-11-23-17-8-9-20(14-17)13-15-6-5-7-16(12-15)18(21)22/h5-7,12,17H,3-4,8-11,13-14H2,1-2H3,(H,21,22). The summed E-state index contributed by atoms with van der Waals surface area (Å²) < 4.78 is 5.99. The lowest BCUT2D eigenvalue weighted by Gasteiger charge is -2.20. The summed E-state index contributed by atoms with van der Waals surface area (Å²) in [6.45, 7) is 11.0. The van der Waals surface area contributed by atoms with Gasteiger partial charge in [0.25, 0.3) is 0 Å². The van der Waals surface area contributed by atoms with Crippen LogP contribution in [0.4, 0.5) is 0 Å². The second kappa shape index (κ2) is 9.01. The fourth-order valence-electron chi connectivity index (χ4n) is 3.03. The molecule has 0 aromatic heterocycles. The zero-order valence-corrected chi connectivity index (χ0v) is 14.2. The van der Waals surface area contributed by atoms with Crippen LogP contribution in [0, 0.1) is 0 Å².